The standard InChI is InChI=1S/C28H36N4O7/c1-16(2)20(14-24(34)38-15-18-8-6-5-7-9-18)27(36)30-25(17(3)4)22(33)13-19-12-21-23(39-32-31-21)10-11-29-28(37)26(19)35/h5-9,16-17,19-20,25H,10-15H2,1-4H3,(H,29,37)(H,30,36). The third-order valence-electron chi connectivity index (χ3n) is 6.84. The third-order valence-corrected chi connectivity index (χ3v) is 6.84. The maximum atomic E-state index is 13.4. The highest BCUT2D eigenvalue weighted by atomic mass is 16.5. The monoisotopic (exact) mass is 540 g/mol. The molecule has 0 aliphatic carbocycles. The van der Waals surface area contributed by atoms with Gasteiger partial charge in [-0.2, -0.15) is 0 Å². The van der Waals surface area contributed by atoms with Crippen molar-refractivity contribution in [3.8, 4) is 0 Å². The molecule has 0 radical (unpaired) electrons. The Balaban J connectivity index is 1.67. The van der Waals surface area contributed by atoms with Gasteiger partial charge in [0.2, 0.25) is 11.7 Å². The van der Waals surface area contributed by atoms with E-state index in [2.05, 4.69) is 21.0 Å². The quantitative estimate of drug-likeness (QED) is 0.321. The highest BCUT2D eigenvalue weighted by molar-refractivity contribution is 6.37. The molecular formula is C28H36N4O7. The van der Waals surface area contributed by atoms with E-state index < -0.39 is 47.2 Å². The van der Waals surface area contributed by atoms with Crippen molar-refractivity contribution in [2.24, 2.45) is 23.7 Å². The van der Waals surface area contributed by atoms with Crippen molar-refractivity contribution < 1.29 is 33.2 Å². The Bertz CT molecular complexity index is 1180. The molecule has 2 heterocycles. The van der Waals surface area contributed by atoms with Gasteiger partial charge in [0, 0.05) is 37.0 Å². The number of carbonyl (C=O) groups excluding carboxylic acids is 5. The number of hydrogen-bond donors (Lipinski definition) is 2. The fourth-order valence-electron chi connectivity index (χ4n) is 4.48. The molecule has 210 valence electrons. The third kappa shape index (κ3) is 8.30. The number of aromatic nitrogens is 2. The molecule has 2 aromatic rings. The molecule has 3 unspecified atom stereocenters. The normalized spacial score (nSPS) is 17.3. The second kappa shape index (κ2) is 13.8. The molecule has 0 saturated carbocycles. The molecule has 1 aliphatic heterocycles. The lowest BCUT2D eigenvalue weighted by molar-refractivity contribution is -0.149. The number of amides is 2. The van der Waals surface area contributed by atoms with Crippen LogP contribution in [0.1, 0.15) is 57.6 Å². The predicted molar refractivity (Wildman–Crippen MR) is 139 cm³/mol. The molecule has 0 fully saturated rings. The van der Waals surface area contributed by atoms with Crippen molar-refractivity contribution in [1.82, 2.24) is 21.0 Å². The minimum atomic E-state index is -0.978. The van der Waals surface area contributed by atoms with Crippen molar-refractivity contribution in [3.63, 3.8) is 0 Å². The SMILES string of the molecule is CC(C)C(CC(=O)OCc1ccccc1)C(=O)NC(C(=O)CC1Cc2nnoc2CCNC(=O)C1=O)C(C)C. The van der Waals surface area contributed by atoms with Gasteiger partial charge in [-0.15, -0.1) is 5.10 Å². The average molecular weight is 541 g/mol. The molecule has 2 N–H and O–H groups in total. The van der Waals surface area contributed by atoms with Crippen molar-refractivity contribution in [2.75, 3.05) is 6.54 Å². The maximum Gasteiger partial charge on any atom is 0.306 e. The number of rotatable bonds is 11. The molecule has 0 spiro atoms. The predicted octanol–water partition coefficient (Wildman–Crippen LogP) is 1.98. The van der Waals surface area contributed by atoms with Crippen LogP contribution in [-0.2, 0) is 48.2 Å². The minimum absolute atomic E-state index is 0.0253. The van der Waals surface area contributed by atoms with Crippen LogP contribution >= 0.6 is 0 Å². The van der Waals surface area contributed by atoms with E-state index in [1.54, 1.807) is 13.8 Å². The van der Waals surface area contributed by atoms with Crippen LogP contribution in [0.25, 0.3) is 0 Å². The number of ketones is 2. The van der Waals surface area contributed by atoms with Gasteiger partial charge in [-0.1, -0.05) is 58.0 Å². The number of ether oxygens (including phenoxy) is 1. The topological polar surface area (TPSA) is 158 Å². The zero-order valence-electron chi connectivity index (χ0n) is 22.8. The minimum Gasteiger partial charge on any atom is -0.461 e. The van der Waals surface area contributed by atoms with E-state index in [1.807, 2.05) is 44.2 Å². The molecular weight excluding hydrogens is 504 g/mol. The van der Waals surface area contributed by atoms with Gasteiger partial charge < -0.3 is 19.9 Å². The smallest absolute Gasteiger partial charge is 0.306 e. The lowest BCUT2D eigenvalue weighted by atomic mass is 9.86. The van der Waals surface area contributed by atoms with E-state index in [0.717, 1.165) is 5.56 Å². The second-order valence-electron chi connectivity index (χ2n) is 10.5. The first-order valence-electron chi connectivity index (χ1n) is 13.2. The number of hydrogen-bond acceptors (Lipinski definition) is 9. The molecule has 39 heavy (non-hydrogen) atoms. The number of carbonyl (C=O) groups is 5. The van der Waals surface area contributed by atoms with Gasteiger partial charge in [0.05, 0.1) is 18.4 Å². The molecule has 3 rings (SSSR count). The zero-order chi connectivity index (χ0) is 28.5. The van der Waals surface area contributed by atoms with E-state index in [0.29, 0.717) is 17.9 Å². The molecule has 0 saturated heterocycles. The van der Waals surface area contributed by atoms with E-state index in [9.17, 15) is 24.0 Å². The molecule has 0 bridgehead atoms. The van der Waals surface area contributed by atoms with Crippen LogP contribution in [0.4, 0.5) is 0 Å². The van der Waals surface area contributed by atoms with Crippen molar-refractivity contribution >= 4 is 29.4 Å². The first-order chi connectivity index (χ1) is 18.6. The summed E-state index contributed by atoms with van der Waals surface area (Å²) in [6.07, 6.45) is -0.0553. The summed E-state index contributed by atoms with van der Waals surface area (Å²) in [5.74, 6) is -4.60. The summed E-state index contributed by atoms with van der Waals surface area (Å²) < 4.78 is 10.5. The number of benzene rings is 1. The van der Waals surface area contributed by atoms with Crippen LogP contribution in [0, 0.1) is 23.7 Å². The van der Waals surface area contributed by atoms with E-state index in [-0.39, 0.29) is 44.2 Å². The van der Waals surface area contributed by atoms with Crippen molar-refractivity contribution in [2.45, 2.75) is 66.0 Å². The van der Waals surface area contributed by atoms with Gasteiger partial charge >= 0.3 is 5.97 Å². The van der Waals surface area contributed by atoms with Gasteiger partial charge in [-0.25, -0.2) is 0 Å². The summed E-state index contributed by atoms with van der Waals surface area (Å²) in [6, 6.07) is 8.31. The molecule has 11 heteroatoms. The van der Waals surface area contributed by atoms with Crippen LogP contribution in [-0.4, -0.2) is 52.3 Å². The highest BCUT2D eigenvalue weighted by Crippen LogP contribution is 2.22. The number of Topliss-reactive ketones (excluding diaryl/α,β-unsaturated/α-hetero) is 2. The Morgan fingerprint density at radius 2 is 1.82 bits per heavy atom. The molecule has 1 aromatic heterocycles. The highest BCUT2D eigenvalue weighted by Gasteiger charge is 2.36. The Morgan fingerprint density at radius 1 is 1.10 bits per heavy atom. The lowest BCUT2D eigenvalue weighted by Crippen LogP contribution is -2.49. The first kappa shape index (κ1) is 29.7. The van der Waals surface area contributed by atoms with Crippen LogP contribution in [0.5, 0.6) is 0 Å². The van der Waals surface area contributed by atoms with E-state index in [4.69, 9.17) is 9.26 Å². The van der Waals surface area contributed by atoms with Gasteiger partial charge in [0.15, 0.2) is 11.5 Å². The van der Waals surface area contributed by atoms with Gasteiger partial charge in [-0.3, -0.25) is 24.0 Å². The number of fused-ring (bicyclic) bond motifs is 1. The van der Waals surface area contributed by atoms with E-state index >= 15 is 0 Å². The molecule has 1 aliphatic rings. The van der Waals surface area contributed by atoms with Crippen LogP contribution in [0.3, 0.4) is 0 Å². The van der Waals surface area contributed by atoms with Crippen molar-refractivity contribution in [1.29, 1.82) is 0 Å². The fraction of sp³-hybridized carbons (Fsp3) is 0.536. The van der Waals surface area contributed by atoms with Gasteiger partial charge in [0.1, 0.15) is 12.3 Å². The lowest BCUT2D eigenvalue weighted by Gasteiger charge is -2.27. The second-order valence-corrected chi connectivity index (χ2v) is 10.5. The van der Waals surface area contributed by atoms with Gasteiger partial charge in [0.25, 0.3) is 5.91 Å². The largest absolute Gasteiger partial charge is 0.461 e. The fourth-order valence-corrected chi connectivity index (χ4v) is 4.48. The summed E-state index contributed by atoms with van der Waals surface area (Å²) in [4.78, 5) is 64.3. The van der Waals surface area contributed by atoms with Crippen LogP contribution < -0.4 is 10.6 Å². The molecule has 1 aromatic carbocycles. The molecule has 2 amide bonds. The Hall–Kier alpha value is -3.89. The van der Waals surface area contributed by atoms with E-state index in [1.165, 1.54) is 0 Å². The summed E-state index contributed by atoms with van der Waals surface area (Å²) in [5, 5.41) is 12.8. The van der Waals surface area contributed by atoms with Gasteiger partial charge in [-0.05, 0) is 17.4 Å². The number of nitrogens with one attached hydrogen (secondary N) is 2. The maximum absolute atomic E-state index is 13.4. The summed E-state index contributed by atoms with van der Waals surface area (Å²) in [6.45, 7) is 7.48. The molecule has 11 nitrogen and oxygen atoms in total. The summed E-state index contributed by atoms with van der Waals surface area (Å²) >= 11 is 0. The molecule has 3 atom stereocenters. The first-order valence-corrected chi connectivity index (χ1v) is 13.2. The number of esters is 1. The van der Waals surface area contributed by atoms with Crippen LogP contribution in [0.15, 0.2) is 34.9 Å². The summed E-state index contributed by atoms with van der Waals surface area (Å²) in [5.41, 5.74) is 1.26. The number of nitrogens with zero attached hydrogens (tertiary/aromatic N) is 2. The zero-order valence-corrected chi connectivity index (χ0v) is 22.8. The Kier molecular flexibility index (Phi) is 10.5. The Morgan fingerprint density at radius 3 is 2.49 bits per heavy atom. The van der Waals surface area contributed by atoms with Crippen LogP contribution in [0.2, 0.25) is 0 Å². The summed E-state index contributed by atoms with van der Waals surface area (Å²) in [7, 11) is 0. The van der Waals surface area contributed by atoms with Crippen molar-refractivity contribution in [3.05, 3.63) is 47.3 Å². The average Bonchev–Trinajstić information content (AvgIpc) is 3.35. The Labute approximate surface area is 227 Å².